The zero-order valence-corrected chi connectivity index (χ0v) is 11.4. The zero-order chi connectivity index (χ0) is 14.7. The Balaban J connectivity index is 2.41. The number of hydrogen-bond donors (Lipinski definition) is 1. The van der Waals surface area contributed by atoms with Gasteiger partial charge in [0.15, 0.2) is 10.8 Å². The number of nitrogens with one attached hydrogen (secondary N) is 1. The van der Waals surface area contributed by atoms with Gasteiger partial charge in [-0.15, -0.1) is 11.3 Å². The maximum Gasteiger partial charge on any atom is 0.356 e. The largest absolute Gasteiger partial charge is 0.464 e. The minimum Gasteiger partial charge on any atom is -0.464 e. The SMILES string of the molecule is COC(=O)c1ccc([N+](=O)[O-])c(Nc2nc(C)cs2)n1. The number of methoxy groups -OCH3 is 1. The second-order valence-electron chi connectivity index (χ2n) is 3.73. The number of ether oxygens (including phenoxy) is 1. The highest BCUT2D eigenvalue weighted by Gasteiger charge is 2.20. The Morgan fingerprint density at radius 3 is 2.75 bits per heavy atom. The van der Waals surface area contributed by atoms with E-state index < -0.39 is 10.9 Å². The molecule has 0 saturated carbocycles. The van der Waals surface area contributed by atoms with Crippen molar-refractivity contribution >= 4 is 33.9 Å². The molecule has 20 heavy (non-hydrogen) atoms. The summed E-state index contributed by atoms with van der Waals surface area (Å²) in [4.78, 5) is 29.8. The third kappa shape index (κ3) is 2.88. The highest BCUT2D eigenvalue weighted by atomic mass is 32.1. The molecule has 2 aromatic heterocycles. The molecule has 0 amide bonds. The van der Waals surface area contributed by atoms with Gasteiger partial charge in [0, 0.05) is 11.4 Å². The highest BCUT2D eigenvalue weighted by molar-refractivity contribution is 7.13. The average molecular weight is 294 g/mol. The van der Waals surface area contributed by atoms with Crippen molar-refractivity contribution in [2.75, 3.05) is 12.4 Å². The number of nitrogens with zero attached hydrogens (tertiary/aromatic N) is 3. The van der Waals surface area contributed by atoms with Gasteiger partial charge >= 0.3 is 11.7 Å². The van der Waals surface area contributed by atoms with Crippen LogP contribution in [-0.2, 0) is 4.74 Å². The van der Waals surface area contributed by atoms with E-state index in [9.17, 15) is 14.9 Å². The normalized spacial score (nSPS) is 10.1. The minimum absolute atomic E-state index is 0.0196. The number of esters is 1. The molecule has 0 aromatic carbocycles. The van der Waals surface area contributed by atoms with Gasteiger partial charge in [-0.25, -0.2) is 14.8 Å². The van der Waals surface area contributed by atoms with Crippen molar-refractivity contribution in [3.8, 4) is 0 Å². The molecule has 0 aliphatic rings. The maximum atomic E-state index is 11.4. The van der Waals surface area contributed by atoms with Gasteiger partial charge in [-0.3, -0.25) is 10.1 Å². The fourth-order valence-electron chi connectivity index (χ4n) is 1.42. The molecular weight excluding hydrogens is 284 g/mol. The summed E-state index contributed by atoms with van der Waals surface area (Å²) < 4.78 is 4.53. The number of thiazole rings is 1. The zero-order valence-electron chi connectivity index (χ0n) is 10.6. The van der Waals surface area contributed by atoms with Crippen LogP contribution in [0.15, 0.2) is 17.5 Å². The van der Waals surface area contributed by atoms with Gasteiger partial charge in [-0.2, -0.15) is 0 Å². The minimum atomic E-state index is -0.668. The van der Waals surface area contributed by atoms with Crippen LogP contribution in [0.4, 0.5) is 16.6 Å². The molecule has 0 aliphatic carbocycles. The highest BCUT2D eigenvalue weighted by Crippen LogP contribution is 2.27. The standard InChI is InChI=1S/C11H10N4O4S/c1-6-5-20-11(12-6)14-9-8(15(17)18)4-3-7(13-9)10(16)19-2/h3-5H,1-2H3,(H,12,13,14). The monoisotopic (exact) mass is 294 g/mol. The van der Waals surface area contributed by atoms with Crippen molar-refractivity contribution in [2.45, 2.75) is 6.92 Å². The van der Waals surface area contributed by atoms with E-state index in [2.05, 4.69) is 20.0 Å². The number of anilines is 2. The molecule has 0 atom stereocenters. The number of aromatic nitrogens is 2. The summed E-state index contributed by atoms with van der Waals surface area (Å²) in [6, 6.07) is 2.43. The van der Waals surface area contributed by atoms with Crippen molar-refractivity contribution in [1.29, 1.82) is 0 Å². The number of nitro groups is 1. The first-order valence-corrected chi connectivity index (χ1v) is 6.32. The van der Waals surface area contributed by atoms with E-state index >= 15 is 0 Å². The van der Waals surface area contributed by atoms with Crippen LogP contribution >= 0.6 is 11.3 Å². The number of pyridine rings is 1. The molecule has 0 unspecified atom stereocenters. The smallest absolute Gasteiger partial charge is 0.356 e. The van der Waals surface area contributed by atoms with Gasteiger partial charge < -0.3 is 10.1 Å². The fraction of sp³-hybridized carbons (Fsp3) is 0.182. The molecule has 2 heterocycles. The van der Waals surface area contributed by atoms with Crippen LogP contribution < -0.4 is 5.32 Å². The molecule has 8 nitrogen and oxygen atoms in total. The summed E-state index contributed by atoms with van der Waals surface area (Å²) in [7, 11) is 1.21. The summed E-state index contributed by atoms with van der Waals surface area (Å²) in [5.74, 6) is -0.717. The molecular formula is C11H10N4O4S. The molecule has 0 fully saturated rings. The Morgan fingerprint density at radius 2 is 2.20 bits per heavy atom. The van der Waals surface area contributed by atoms with Crippen LogP contribution in [0.5, 0.6) is 0 Å². The molecule has 9 heteroatoms. The van der Waals surface area contributed by atoms with Crippen LogP contribution in [-0.4, -0.2) is 28.0 Å². The maximum absolute atomic E-state index is 11.4. The van der Waals surface area contributed by atoms with E-state index in [1.807, 2.05) is 0 Å². The predicted octanol–water partition coefficient (Wildman–Crippen LogP) is 2.28. The molecule has 0 saturated heterocycles. The number of aryl methyl sites for hydroxylation is 1. The summed E-state index contributed by atoms with van der Waals surface area (Å²) in [5, 5.41) is 15.9. The summed E-state index contributed by atoms with van der Waals surface area (Å²) in [5.41, 5.74) is 0.517. The number of carbonyl (C=O) groups excluding carboxylic acids is 1. The third-order valence-corrected chi connectivity index (χ3v) is 3.19. The third-order valence-electron chi connectivity index (χ3n) is 2.31. The second kappa shape index (κ2) is 5.61. The topological polar surface area (TPSA) is 107 Å². The second-order valence-corrected chi connectivity index (χ2v) is 4.59. The van der Waals surface area contributed by atoms with Crippen molar-refractivity contribution < 1.29 is 14.5 Å². The first-order valence-electron chi connectivity index (χ1n) is 5.44. The van der Waals surface area contributed by atoms with E-state index in [0.717, 1.165) is 5.69 Å². The molecule has 104 valence electrons. The Kier molecular flexibility index (Phi) is 3.89. The molecule has 0 bridgehead atoms. The van der Waals surface area contributed by atoms with Gasteiger partial charge in [0.2, 0.25) is 5.82 Å². The molecule has 0 aliphatic heterocycles. The number of rotatable bonds is 4. The lowest BCUT2D eigenvalue weighted by Gasteiger charge is -2.05. The van der Waals surface area contributed by atoms with E-state index in [4.69, 9.17) is 0 Å². The summed E-state index contributed by atoms with van der Waals surface area (Å²) in [6.45, 7) is 1.80. The Morgan fingerprint density at radius 1 is 1.45 bits per heavy atom. The van der Waals surface area contributed by atoms with Gasteiger partial charge in [-0.1, -0.05) is 0 Å². The van der Waals surface area contributed by atoms with Crippen molar-refractivity contribution in [2.24, 2.45) is 0 Å². The molecule has 0 radical (unpaired) electrons. The van der Waals surface area contributed by atoms with E-state index in [1.165, 1.54) is 30.6 Å². The average Bonchev–Trinajstić information content (AvgIpc) is 2.82. The van der Waals surface area contributed by atoms with E-state index in [-0.39, 0.29) is 17.2 Å². The molecule has 2 rings (SSSR count). The van der Waals surface area contributed by atoms with E-state index in [1.54, 1.807) is 12.3 Å². The Hall–Kier alpha value is -2.55. The van der Waals surface area contributed by atoms with Gasteiger partial charge in [0.1, 0.15) is 0 Å². The van der Waals surface area contributed by atoms with Crippen molar-refractivity contribution in [3.63, 3.8) is 0 Å². The van der Waals surface area contributed by atoms with Crippen LogP contribution in [0, 0.1) is 17.0 Å². The number of hydrogen-bond acceptors (Lipinski definition) is 8. The first-order chi connectivity index (χ1) is 9.51. The summed E-state index contributed by atoms with van der Waals surface area (Å²) in [6.07, 6.45) is 0. The fourth-order valence-corrected chi connectivity index (χ4v) is 2.11. The van der Waals surface area contributed by atoms with Crippen LogP contribution in [0.25, 0.3) is 0 Å². The molecule has 0 spiro atoms. The van der Waals surface area contributed by atoms with Crippen LogP contribution in [0.1, 0.15) is 16.2 Å². The Labute approximate surface area is 117 Å². The van der Waals surface area contributed by atoms with Gasteiger partial charge in [0.25, 0.3) is 0 Å². The van der Waals surface area contributed by atoms with Crippen LogP contribution in [0.2, 0.25) is 0 Å². The quantitative estimate of drug-likeness (QED) is 0.523. The lowest BCUT2D eigenvalue weighted by molar-refractivity contribution is -0.384. The Bertz CT molecular complexity index is 670. The van der Waals surface area contributed by atoms with Gasteiger partial charge in [-0.05, 0) is 13.0 Å². The van der Waals surface area contributed by atoms with Crippen LogP contribution in [0.3, 0.4) is 0 Å². The predicted molar refractivity (Wildman–Crippen MR) is 72.4 cm³/mol. The lowest BCUT2D eigenvalue weighted by Crippen LogP contribution is -2.07. The van der Waals surface area contributed by atoms with Crippen molar-refractivity contribution in [3.05, 3.63) is 39.0 Å². The lowest BCUT2D eigenvalue weighted by atomic mass is 10.3. The van der Waals surface area contributed by atoms with E-state index in [0.29, 0.717) is 5.13 Å². The molecule has 2 aromatic rings. The first kappa shape index (κ1) is 13.9. The summed E-state index contributed by atoms with van der Waals surface area (Å²) >= 11 is 1.28. The number of carbonyl (C=O) groups is 1. The van der Waals surface area contributed by atoms with Crippen molar-refractivity contribution in [1.82, 2.24) is 9.97 Å². The molecule has 1 N–H and O–H groups in total. The van der Waals surface area contributed by atoms with Gasteiger partial charge in [0.05, 0.1) is 17.7 Å².